The zero-order valence-electron chi connectivity index (χ0n) is 14.1. The van der Waals surface area contributed by atoms with Crippen LogP contribution < -0.4 is 5.32 Å². The Morgan fingerprint density at radius 3 is 3.04 bits per heavy atom. The molecule has 1 atom stereocenters. The second kappa shape index (κ2) is 6.33. The Kier molecular flexibility index (Phi) is 4.01. The third-order valence-electron chi connectivity index (χ3n) is 4.41. The molecule has 0 spiro atoms. The number of aromatic nitrogens is 4. The Hall–Kier alpha value is -2.67. The van der Waals surface area contributed by atoms with E-state index in [9.17, 15) is 4.79 Å². The molecule has 3 aromatic heterocycles. The summed E-state index contributed by atoms with van der Waals surface area (Å²) in [5.41, 5.74) is 4.91. The van der Waals surface area contributed by atoms with Crippen molar-refractivity contribution in [1.29, 1.82) is 0 Å². The Balaban J connectivity index is 1.41. The van der Waals surface area contributed by atoms with Crippen LogP contribution in [0.3, 0.4) is 0 Å². The van der Waals surface area contributed by atoms with E-state index in [-0.39, 0.29) is 11.9 Å². The number of nitrogens with one attached hydrogen (secondary N) is 1. The lowest BCUT2D eigenvalue weighted by molar-refractivity contribution is -0.121. The maximum Gasteiger partial charge on any atom is 0.222 e. The highest BCUT2D eigenvalue weighted by molar-refractivity contribution is 7.14. The van der Waals surface area contributed by atoms with Crippen molar-refractivity contribution in [3.63, 3.8) is 0 Å². The summed E-state index contributed by atoms with van der Waals surface area (Å²) >= 11 is 1.48. The first kappa shape index (κ1) is 15.8. The number of carbonyl (C=O) groups excluding carboxylic acids is 1. The second-order valence-electron chi connectivity index (χ2n) is 6.17. The van der Waals surface area contributed by atoms with Gasteiger partial charge in [-0.1, -0.05) is 29.5 Å². The highest BCUT2D eigenvalue weighted by Gasteiger charge is 2.14. The van der Waals surface area contributed by atoms with Gasteiger partial charge in [0.2, 0.25) is 10.9 Å². The zero-order chi connectivity index (χ0) is 17.4. The van der Waals surface area contributed by atoms with Gasteiger partial charge in [-0.15, -0.1) is 0 Å². The molecule has 0 fully saturated rings. The van der Waals surface area contributed by atoms with Crippen LogP contribution in [0.4, 0.5) is 0 Å². The Labute approximate surface area is 149 Å². The number of benzene rings is 1. The first-order chi connectivity index (χ1) is 12.1. The molecule has 1 N–H and O–H groups in total. The molecule has 4 aromatic rings. The minimum Gasteiger partial charge on any atom is -0.348 e. The number of hydrogen-bond acceptors (Lipinski definition) is 4. The number of carbonyl (C=O) groups is 1. The summed E-state index contributed by atoms with van der Waals surface area (Å²) in [6, 6.07) is 10.3. The normalized spacial score (nSPS) is 12.7. The third-order valence-corrected chi connectivity index (χ3v) is 5.10. The van der Waals surface area contributed by atoms with Gasteiger partial charge in [-0.25, -0.2) is 9.50 Å². The SMILES string of the molecule is Cc1cc2ccccc2n1CCC(=O)NC(C)c1cn2ncsc2n1. The van der Waals surface area contributed by atoms with E-state index in [2.05, 4.69) is 45.1 Å². The molecule has 6 nitrogen and oxygen atoms in total. The first-order valence-electron chi connectivity index (χ1n) is 8.25. The van der Waals surface area contributed by atoms with Crippen LogP contribution in [0.15, 0.2) is 42.0 Å². The zero-order valence-corrected chi connectivity index (χ0v) is 15.0. The molecular formula is C18H19N5OS. The van der Waals surface area contributed by atoms with Crippen LogP contribution in [0.25, 0.3) is 15.9 Å². The lowest BCUT2D eigenvalue weighted by Gasteiger charge is -2.13. The average molecular weight is 353 g/mol. The topological polar surface area (TPSA) is 64.2 Å². The highest BCUT2D eigenvalue weighted by atomic mass is 32.1. The molecule has 25 heavy (non-hydrogen) atoms. The van der Waals surface area contributed by atoms with Crippen molar-refractivity contribution in [3.05, 3.63) is 53.4 Å². The van der Waals surface area contributed by atoms with Gasteiger partial charge in [-0.05, 0) is 31.4 Å². The first-order valence-corrected chi connectivity index (χ1v) is 9.13. The van der Waals surface area contributed by atoms with Gasteiger partial charge in [0.05, 0.1) is 17.9 Å². The summed E-state index contributed by atoms with van der Waals surface area (Å²) in [5.74, 6) is 0.0222. The summed E-state index contributed by atoms with van der Waals surface area (Å²) in [6.45, 7) is 4.68. The average Bonchev–Trinajstić information content (AvgIpc) is 3.25. The number of hydrogen-bond donors (Lipinski definition) is 1. The number of fused-ring (bicyclic) bond motifs is 2. The largest absolute Gasteiger partial charge is 0.348 e. The van der Waals surface area contributed by atoms with Crippen LogP contribution in [-0.2, 0) is 11.3 Å². The third kappa shape index (κ3) is 3.02. The predicted octanol–water partition coefficient (Wildman–Crippen LogP) is 3.32. The van der Waals surface area contributed by atoms with Crippen molar-refractivity contribution < 1.29 is 4.79 Å². The van der Waals surface area contributed by atoms with Crippen LogP contribution in [0.5, 0.6) is 0 Å². The molecule has 128 valence electrons. The number of amides is 1. The van der Waals surface area contributed by atoms with Gasteiger partial charge in [0.15, 0.2) is 0 Å². The maximum absolute atomic E-state index is 12.4. The van der Waals surface area contributed by atoms with Gasteiger partial charge in [0, 0.05) is 24.2 Å². The standard InChI is InChI=1S/C18H19N5OS/c1-12-9-14-5-3-4-6-16(14)22(12)8-7-17(24)20-13(2)15-10-23-18(21-15)25-11-19-23/h3-6,9-11,13H,7-8H2,1-2H3,(H,20,24). The molecule has 4 rings (SSSR count). The van der Waals surface area contributed by atoms with Crippen LogP contribution in [0.1, 0.15) is 30.8 Å². The van der Waals surface area contributed by atoms with E-state index in [0.29, 0.717) is 13.0 Å². The van der Waals surface area contributed by atoms with Gasteiger partial charge in [-0.3, -0.25) is 4.79 Å². The summed E-state index contributed by atoms with van der Waals surface area (Å²) in [4.78, 5) is 17.7. The molecule has 3 heterocycles. The van der Waals surface area contributed by atoms with Gasteiger partial charge >= 0.3 is 0 Å². The fourth-order valence-electron chi connectivity index (χ4n) is 3.11. The maximum atomic E-state index is 12.4. The smallest absolute Gasteiger partial charge is 0.222 e. The number of imidazole rings is 1. The van der Waals surface area contributed by atoms with Gasteiger partial charge in [0.1, 0.15) is 5.51 Å². The second-order valence-corrected chi connectivity index (χ2v) is 6.98. The molecular weight excluding hydrogens is 334 g/mol. The quantitative estimate of drug-likeness (QED) is 0.599. The Bertz CT molecular complexity index is 1020. The van der Waals surface area contributed by atoms with Crippen molar-refractivity contribution in [3.8, 4) is 0 Å². The summed E-state index contributed by atoms with van der Waals surface area (Å²) in [5, 5.41) is 8.40. The van der Waals surface area contributed by atoms with E-state index in [1.54, 1.807) is 10.0 Å². The highest BCUT2D eigenvalue weighted by Crippen LogP contribution is 2.20. The molecule has 0 bridgehead atoms. The fraction of sp³-hybridized carbons (Fsp3) is 0.278. The lowest BCUT2D eigenvalue weighted by Crippen LogP contribution is -2.27. The van der Waals surface area contributed by atoms with Crippen LogP contribution in [0.2, 0.25) is 0 Å². The minimum atomic E-state index is -0.135. The van der Waals surface area contributed by atoms with E-state index < -0.39 is 0 Å². The van der Waals surface area contributed by atoms with Crippen molar-refractivity contribution >= 4 is 33.1 Å². The Morgan fingerprint density at radius 2 is 2.20 bits per heavy atom. The van der Waals surface area contributed by atoms with E-state index in [4.69, 9.17) is 0 Å². The van der Waals surface area contributed by atoms with E-state index in [1.165, 1.54) is 27.9 Å². The van der Waals surface area contributed by atoms with E-state index in [1.807, 2.05) is 25.3 Å². The molecule has 0 radical (unpaired) electrons. The number of rotatable bonds is 5. The minimum absolute atomic E-state index is 0.0222. The number of aryl methyl sites for hydroxylation is 2. The Morgan fingerprint density at radius 1 is 1.36 bits per heavy atom. The van der Waals surface area contributed by atoms with Crippen molar-refractivity contribution in [2.75, 3.05) is 0 Å². The molecule has 0 saturated carbocycles. The molecule has 0 aliphatic carbocycles. The van der Waals surface area contributed by atoms with Gasteiger partial charge in [0.25, 0.3) is 0 Å². The lowest BCUT2D eigenvalue weighted by atomic mass is 10.2. The monoisotopic (exact) mass is 353 g/mol. The number of nitrogens with zero attached hydrogens (tertiary/aromatic N) is 4. The summed E-state index contributed by atoms with van der Waals surface area (Å²) in [7, 11) is 0. The van der Waals surface area contributed by atoms with Gasteiger partial charge < -0.3 is 9.88 Å². The summed E-state index contributed by atoms with van der Waals surface area (Å²) < 4.78 is 3.92. The van der Waals surface area contributed by atoms with E-state index in [0.717, 1.165) is 10.7 Å². The van der Waals surface area contributed by atoms with Crippen molar-refractivity contribution in [2.24, 2.45) is 0 Å². The molecule has 0 saturated heterocycles. The van der Waals surface area contributed by atoms with Gasteiger partial charge in [-0.2, -0.15) is 5.10 Å². The molecule has 1 unspecified atom stereocenters. The molecule has 0 aliphatic rings. The summed E-state index contributed by atoms with van der Waals surface area (Å²) in [6.07, 6.45) is 2.30. The molecule has 0 aliphatic heterocycles. The van der Waals surface area contributed by atoms with Crippen molar-refractivity contribution in [1.82, 2.24) is 24.5 Å². The van der Waals surface area contributed by atoms with Crippen LogP contribution in [-0.4, -0.2) is 25.1 Å². The van der Waals surface area contributed by atoms with Crippen molar-refractivity contribution in [2.45, 2.75) is 32.9 Å². The fourth-order valence-corrected chi connectivity index (χ4v) is 3.72. The molecule has 7 heteroatoms. The molecule has 1 aromatic carbocycles. The van der Waals surface area contributed by atoms with Crippen LogP contribution >= 0.6 is 11.3 Å². The van der Waals surface area contributed by atoms with E-state index >= 15 is 0 Å². The number of para-hydroxylation sites is 1. The molecule has 1 amide bonds. The predicted molar refractivity (Wildman–Crippen MR) is 98.7 cm³/mol. The van der Waals surface area contributed by atoms with Crippen LogP contribution in [0, 0.1) is 6.92 Å².